The average Bonchev–Trinajstić information content (AvgIpc) is 3.16. The number of rotatable bonds is 4. The summed E-state index contributed by atoms with van der Waals surface area (Å²) >= 11 is 0. The highest BCUT2D eigenvalue weighted by molar-refractivity contribution is 5.83. The molecular formula is C19H29N5O2. The van der Waals surface area contributed by atoms with Crippen molar-refractivity contribution in [2.75, 3.05) is 6.54 Å². The Morgan fingerprint density at radius 2 is 1.85 bits per heavy atom. The molecule has 0 radical (unpaired) electrons. The first-order valence-corrected chi connectivity index (χ1v) is 10.2. The molecule has 0 spiro atoms. The Hall–Kier alpha value is -1.92. The highest BCUT2D eigenvalue weighted by atomic mass is 16.2. The summed E-state index contributed by atoms with van der Waals surface area (Å²) < 4.78 is 2.11. The Morgan fingerprint density at radius 3 is 2.65 bits per heavy atom. The summed E-state index contributed by atoms with van der Waals surface area (Å²) in [4.78, 5) is 27.1. The van der Waals surface area contributed by atoms with E-state index in [2.05, 4.69) is 20.1 Å². The van der Waals surface area contributed by atoms with E-state index in [9.17, 15) is 9.59 Å². The van der Waals surface area contributed by atoms with Crippen LogP contribution in [0.5, 0.6) is 0 Å². The Morgan fingerprint density at radius 1 is 1.04 bits per heavy atom. The van der Waals surface area contributed by atoms with Crippen LogP contribution in [0.15, 0.2) is 0 Å². The molecule has 1 N–H and O–H groups in total. The van der Waals surface area contributed by atoms with Crippen LogP contribution in [0, 0.1) is 5.92 Å². The summed E-state index contributed by atoms with van der Waals surface area (Å²) in [6, 6.07) is 0.334. The van der Waals surface area contributed by atoms with Gasteiger partial charge >= 0.3 is 0 Å². The number of hydrogen-bond acceptors (Lipinski definition) is 4. The van der Waals surface area contributed by atoms with E-state index in [1.54, 1.807) is 0 Å². The van der Waals surface area contributed by atoms with Crippen molar-refractivity contribution < 1.29 is 9.59 Å². The molecule has 142 valence electrons. The molecule has 1 aromatic rings. The Balaban J connectivity index is 1.34. The maximum absolute atomic E-state index is 12.7. The van der Waals surface area contributed by atoms with Crippen molar-refractivity contribution in [2.24, 2.45) is 5.92 Å². The van der Waals surface area contributed by atoms with Crippen molar-refractivity contribution in [3.63, 3.8) is 0 Å². The van der Waals surface area contributed by atoms with Gasteiger partial charge in [-0.05, 0) is 25.7 Å². The zero-order valence-corrected chi connectivity index (χ0v) is 15.5. The van der Waals surface area contributed by atoms with Crippen LogP contribution in [0.3, 0.4) is 0 Å². The molecule has 26 heavy (non-hydrogen) atoms. The second-order valence-electron chi connectivity index (χ2n) is 7.93. The first-order chi connectivity index (χ1) is 12.7. The fourth-order valence-corrected chi connectivity index (χ4v) is 4.66. The van der Waals surface area contributed by atoms with Gasteiger partial charge in [-0.2, -0.15) is 0 Å². The minimum Gasteiger partial charge on any atom is -0.348 e. The number of fused-ring (bicyclic) bond motifs is 1. The van der Waals surface area contributed by atoms with E-state index >= 15 is 0 Å². The normalized spacial score (nSPS) is 24.4. The van der Waals surface area contributed by atoms with Crippen molar-refractivity contribution in [3.05, 3.63) is 11.6 Å². The molecule has 0 aromatic carbocycles. The fraction of sp³-hybridized carbons (Fsp3) is 0.789. The van der Waals surface area contributed by atoms with Gasteiger partial charge in [-0.25, -0.2) is 0 Å². The van der Waals surface area contributed by atoms with E-state index in [0.717, 1.165) is 43.9 Å². The van der Waals surface area contributed by atoms with Crippen LogP contribution >= 0.6 is 0 Å². The minimum absolute atomic E-state index is 0.0477. The third-order valence-electron chi connectivity index (χ3n) is 6.19. The van der Waals surface area contributed by atoms with Gasteiger partial charge in [-0.1, -0.05) is 25.7 Å². The number of aromatic nitrogens is 3. The van der Waals surface area contributed by atoms with Gasteiger partial charge in [0.2, 0.25) is 11.8 Å². The molecule has 2 amide bonds. The Bertz CT molecular complexity index is 663. The van der Waals surface area contributed by atoms with Crippen LogP contribution < -0.4 is 5.32 Å². The molecule has 1 aromatic heterocycles. The molecule has 3 heterocycles. The maximum Gasteiger partial charge on any atom is 0.225 e. The summed E-state index contributed by atoms with van der Waals surface area (Å²) in [5.41, 5.74) is 0. The van der Waals surface area contributed by atoms with Crippen LogP contribution in [-0.4, -0.2) is 44.1 Å². The van der Waals surface area contributed by atoms with Gasteiger partial charge in [-0.15, -0.1) is 10.2 Å². The average molecular weight is 359 g/mol. The van der Waals surface area contributed by atoms with Gasteiger partial charge in [0.25, 0.3) is 0 Å². The molecule has 7 heteroatoms. The summed E-state index contributed by atoms with van der Waals surface area (Å²) in [6.45, 7) is 1.95. The minimum atomic E-state index is -0.100. The molecule has 1 aliphatic carbocycles. The van der Waals surface area contributed by atoms with Gasteiger partial charge < -0.3 is 14.8 Å². The van der Waals surface area contributed by atoms with Crippen molar-refractivity contribution in [3.8, 4) is 0 Å². The second kappa shape index (κ2) is 7.76. The molecule has 1 saturated heterocycles. The third-order valence-corrected chi connectivity index (χ3v) is 6.19. The summed E-state index contributed by atoms with van der Waals surface area (Å²) in [6.07, 6.45) is 10.3. The summed E-state index contributed by atoms with van der Waals surface area (Å²) in [5, 5.41) is 11.4. The fourth-order valence-electron chi connectivity index (χ4n) is 4.66. The number of nitrogens with one attached hydrogen (secondary N) is 1. The van der Waals surface area contributed by atoms with Crippen molar-refractivity contribution in [2.45, 2.75) is 83.3 Å². The molecular weight excluding hydrogens is 330 g/mol. The highest BCUT2D eigenvalue weighted by Crippen LogP contribution is 2.27. The van der Waals surface area contributed by atoms with Crippen molar-refractivity contribution in [1.82, 2.24) is 25.0 Å². The topological polar surface area (TPSA) is 80.1 Å². The smallest absolute Gasteiger partial charge is 0.225 e. The van der Waals surface area contributed by atoms with E-state index in [0.29, 0.717) is 32.0 Å². The molecule has 2 aliphatic heterocycles. The van der Waals surface area contributed by atoms with Crippen LogP contribution in [0.1, 0.15) is 69.4 Å². The molecule has 1 saturated carbocycles. The predicted octanol–water partition coefficient (Wildman–Crippen LogP) is 1.80. The Labute approximate surface area is 154 Å². The second-order valence-corrected chi connectivity index (χ2v) is 7.93. The van der Waals surface area contributed by atoms with E-state index in [-0.39, 0.29) is 17.7 Å². The van der Waals surface area contributed by atoms with Crippen LogP contribution in [0.2, 0.25) is 0 Å². The predicted molar refractivity (Wildman–Crippen MR) is 96.1 cm³/mol. The molecule has 0 unspecified atom stereocenters. The van der Waals surface area contributed by atoms with Crippen molar-refractivity contribution >= 4 is 11.8 Å². The number of carbonyl (C=O) groups is 2. The molecule has 2 fully saturated rings. The third kappa shape index (κ3) is 3.62. The van der Waals surface area contributed by atoms with Gasteiger partial charge in [0.05, 0.1) is 12.5 Å². The van der Waals surface area contributed by atoms with Gasteiger partial charge in [0, 0.05) is 32.0 Å². The number of amides is 2. The SMILES string of the molecule is O=C(NCc1nnc2n1CCC2)[C@@H]1CCC(=O)N(C2CCCCCC2)C1. The zero-order valence-electron chi connectivity index (χ0n) is 15.5. The quantitative estimate of drug-likeness (QED) is 0.832. The molecule has 7 nitrogen and oxygen atoms in total. The lowest BCUT2D eigenvalue weighted by atomic mass is 9.93. The van der Waals surface area contributed by atoms with E-state index in [4.69, 9.17) is 0 Å². The monoisotopic (exact) mass is 359 g/mol. The molecule has 3 aliphatic rings. The lowest BCUT2D eigenvalue weighted by Gasteiger charge is -2.37. The maximum atomic E-state index is 12.7. The molecule has 4 rings (SSSR count). The first-order valence-electron chi connectivity index (χ1n) is 10.2. The molecule has 1 atom stereocenters. The van der Waals surface area contributed by atoms with Gasteiger partial charge in [0.15, 0.2) is 5.82 Å². The number of hydrogen-bond donors (Lipinski definition) is 1. The number of nitrogens with zero attached hydrogens (tertiary/aromatic N) is 4. The number of carbonyl (C=O) groups excluding carboxylic acids is 2. The van der Waals surface area contributed by atoms with Gasteiger partial charge in [-0.3, -0.25) is 9.59 Å². The zero-order chi connectivity index (χ0) is 17.9. The number of piperidine rings is 1. The largest absolute Gasteiger partial charge is 0.348 e. The number of likely N-dealkylation sites (tertiary alicyclic amines) is 1. The van der Waals surface area contributed by atoms with Crippen LogP contribution in [0.25, 0.3) is 0 Å². The lowest BCUT2D eigenvalue weighted by molar-refractivity contribution is -0.141. The number of aryl methyl sites for hydroxylation is 1. The summed E-state index contributed by atoms with van der Waals surface area (Å²) in [7, 11) is 0. The summed E-state index contributed by atoms with van der Waals surface area (Å²) in [5.74, 6) is 2.05. The van der Waals surface area contributed by atoms with Crippen molar-refractivity contribution in [1.29, 1.82) is 0 Å². The Kier molecular flexibility index (Phi) is 5.22. The first kappa shape index (κ1) is 17.5. The molecule has 0 bridgehead atoms. The lowest BCUT2D eigenvalue weighted by Crippen LogP contribution is -2.49. The van der Waals surface area contributed by atoms with E-state index < -0.39 is 0 Å². The van der Waals surface area contributed by atoms with E-state index in [1.165, 1.54) is 25.7 Å². The van der Waals surface area contributed by atoms with Crippen LogP contribution in [-0.2, 0) is 29.1 Å². The standard InChI is InChI=1S/C19H29N5O2/c25-18-10-9-14(13-24(18)15-6-3-1-2-4-7-15)19(26)20-12-17-22-21-16-8-5-11-23(16)17/h14-15H,1-13H2,(H,20,26)/t14-/m1/s1. The van der Waals surface area contributed by atoms with E-state index in [1.807, 2.05) is 4.90 Å². The highest BCUT2D eigenvalue weighted by Gasteiger charge is 2.34. The van der Waals surface area contributed by atoms with Crippen LogP contribution in [0.4, 0.5) is 0 Å². The van der Waals surface area contributed by atoms with Gasteiger partial charge in [0.1, 0.15) is 5.82 Å².